The molecule has 0 atom stereocenters. The van der Waals surface area contributed by atoms with Gasteiger partial charge in [0.2, 0.25) is 5.91 Å². The summed E-state index contributed by atoms with van der Waals surface area (Å²) in [5.41, 5.74) is 8.45. The molecule has 0 unspecified atom stereocenters. The van der Waals surface area contributed by atoms with Crippen LogP contribution in [0.4, 0.5) is 5.69 Å². The third-order valence-corrected chi connectivity index (χ3v) is 6.50. The number of carbonyl (C=O) groups excluding carboxylic acids is 1. The van der Waals surface area contributed by atoms with Crippen LogP contribution in [0.25, 0.3) is 27.7 Å². The van der Waals surface area contributed by atoms with Gasteiger partial charge >= 0.3 is 0 Å². The predicted octanol–water partition coefficient (Wildman–Crippen LogP) is 6.85. The molecule has 1 aromatic heterocycles. The fraction of sp³-hybridized carbons (Fsp3) is 0.233. The summed E-state index contributed by atoms with van der Waals surface area (Å²) in [6, 6.07) is 13.8. The number of allylic oxidation sites excluding steroid dienone is 1. The van der Waals surface area contributed by atoms with E-state index in [0.717, 1.165) is 38.8 Å². The van der Waals surface area contributed by atoms with Crippen molar-refractivity contribution in [1.82, 2.24) is 0 Å². The molecule has 0 bridgehead atoms. The van der Waals surface area contributed by atoms with Crippen LogP contribution in [-0.4, -0.2) is 26.2 Å². The molecule has 0 saturated carbocycles. The number of hydrogen-bond donors (Lipinski definition) is 1. The standard InChI is InChI=1S/C30H29NO5/c1-17-6-8-22(18(2)12-17)25-16-36-30-20(4)29(33-5)23(15-24(25)30)19(3)13-28(32)31-21-7-9-26-27(14-21)35-11-10-34-26/h6-9,12-16H,10-11H2,1-5H3,(H,31,32)/b19-13+. The monoisotopic (exact) mass is 483 g/mol. The van der Waals surface area contributed by atoms with Crippen molar-refractivity contribution >= 4 is 28.1 Å². The highest BCUT2D eigenvalue weighted by Gasteiger charge is 2.20. The number of hydrogen-bond acceptors (Lipinski definition) is 5. The Morgan fingerprint density at radius 1 is 0.972 bits per heavy atom. The number of benzene rings is 3. The van der Waals surface area contributed by atoms with Gasteiger partial charge in [0.1, 0.15) is 24.5 Å². The molecule has 4 aromatic rings. The third-order valence-electron chi connectivity index (χ3n) is 6.50. The molecule has 0 spiro atoms. The average molecular weight is 484 g/mol. The van der Waals surface area contributed by atoms with Crippen molar-refractivity contribution < 1.29 is 23.4 Å². The molecule has 0 fully saturated rings. The van der Waals surface area contributed by atoms with Crippen molar-refractivity contribution in [3.8, 4) is 28.4 Å². The van der Waals surface area contributed by atoms with Crippen LogP contribution in [0.3, 0.4) is 0 Å². The lowest BCUT2D eigenvalue weighted by Gasteiger charge is -2.18. The summed E-state index contributed by atoms with van der Waals surface area (Å²) in [4.78, 5) is 12.9. The molecule has 6 nitrogen and oxygen atoms in total. The molecule has 1 aliphatic rings. The summed E-state index contributed by atoms with van der Waals surface area (Å²) in [5.74, 6) is 1.75. The second-order valence-electron chi connectivity index (χ2n) is 9.10. The summed E-state index contributed by atoms with van der Waals surface area (Å²) in [7, 11) is 1.63. The lowest BCUT2D eigenvalue weighted by atomic mass is 9.94. The first-order valence-electron chi connectivity index (χ1n) is 11.9. The maximum atomic E-state index is 12.9. The molecule has 1 N–H and O–H groups in total. The molecule has 1 aliphatic heterocycles. The third kappa shape index (κ3) is 4.31. The van der Waals surface area contributed by atoms with Gasteiger partial charge in [-0.25, -0.2) is 0 Å². The number of ether oxygens (including phenoxy) is 3. The number of carbonyl (C=O) groups is 1. The van der Waals surface area contributed by atoms with Gasteiger partial charge in [0.15, 0.2) is 11.5 Å². The quantitative estimate of drug-likeness (QED) is 0.315. The predicted molar refractivity (Wildman–Crippen MR) is 142 cm³/mol. The Morgan fingerprint density at radius 2 is 1.75 bits per heavy atom. The molecule has 36 heavy (non-hydrogen) atoms. The first-order valence-corrected chi connectivity index (χ1v) is 11.9. The number of amides is 1. The highest BCUT2D eigenvalue weighted by molar-refractivity contribution is 6.06. The largest absolute Gasteiger partial charge is 0.496 e. The minimum atomic E-state index is -0.245. The average Bonchev–Trinajstić information content (AvgIpc) is 3.28. The lowest BCUT2D eigenvalue weighted by Crippen LogP contribution is -2.16. The van der Waals surface area contributed by atoms with Crippen LogP contribution in [0.15, 0.2) is 59.2 Å². The van der Waals surface area contributed by atoms with E-state index in [-0.39, 0.29) is 5.91 Å². The molecule has 1 amide bonds. The fourth-order valence-electron chi connectivity index (χ4n) is 4.77. The highest BCUT2D eigenvalue weighted by atomic mass is 16.6. The van der Waals surface area contributed by atoms with Gasteiger partial charge in [0.05, 0.1) is 13.4 Å². The number of aryl methyl sites for hydroxylation is 3. The molecule has 5 rings (SSSR count). The molecule has 3 aromatic carbocycles. The smallest absolute Gasteiger partial charge is 0.248 e. The van der Waals surface area contributed by atoms with Crippen molar-refractivity contribution in [2.75, 3.05) is 25.6 Å². The van der Waals surface area contributed by atoms with Crippen LogP contribution in [0.1, 0.15) is 29.2 Å². The number of furan rings is 1. The van der Waals surface area contributed by atoms with Gasteiger partial charge in [-0.3, -0.25) is 4.79 Å². The van der Waals surface area contributed by atoms with Gasteiger partial charge in [-0.15, -0.1) is 0 Å². The van der Waals surface area contributed by atoms with Crippen LogP contribution in [0.5, 0.6) is 17.2 Å². The zero-order valence-corrected chi connectivity index (χ0v) is 21.2. The van der Waals surface area contributed by atoms with Crippen LogP contribution in [-0.2, 0) is 4.79 Å². The Hall–Kier alpha value is -4.19. The molecule has 184 valence electrons. The number of rotatable bonds is 5. The van der Waals surface area contributed by atoms with Gasteiger partial charge in [-0.1, -0.05) is 23.8 Å². The fourth-order valence-corrected chi connectivity index (χ4v) is 4.77. The van der Waals surface area contributed by atoms with E-state index in [0.29, 0.717) is 36.1 Å². The highest BCUT2D eigenvalue weighted by Crippen LogP contribution is 2.41. The van der Waals surface area contributed by atoms with Crippen molar-refractivity contribution in [1.29, 1.82) is 0 Å². The number of nitrogens with one attached hydrogen (secondary N) is 1. The molecular weight excluding hydrogens is 454 g/mol. The Balaban J connectivity index is 1.51. The first-order chi connectivity index (χ1) is 17.4. The van der Waals surface area contributed by atoms with Crippen molar-refractivity contribution in [3.63, 3.8) is 0 Å². The SMILES string of the molecule is COc1c(/C(C)=C/C(=O)Nc2ccc3c(c2)OCCO3)cc2c(-c3ccc(C)cc3C)coc2c1C. The molecular formula is C30H29NO5. The summed E-state index contributed by atoms with van der Waals surface area (Å²) in [5, 5.41) is 3.90. The number of methoxy groups -OCH3 is 1. The molecule has 2 heterocycles. The molecule has 0 saturated heterocycles. The summed E-state index contributed by atoms with van der Waals surface area (Å²) >= 11 is 0. The van der Waals surface area contributed by atoms with Crippen LogP contribution in [0.2, 0.25) is 0 Å². The summed E-state index contributed by atoms with van der Waals surface area (Å²) in [6.07, 6.45) is 3.38. The number of fused-ring (bicyclic) bond motifs is 2. The normalized spacial score (nSPS) is 13.1. The zero-order valence-electron chi connectivity index (χ0n) is 21.2. The van der Waals surface area contributed by atoms with Crippen molar-refractivity contribution in [2.45, 2.75) is 27.7 Å². The van der Waals surface area contributed by atoms with E-state index in [1.54, 1.807) is 37.6 Å². The maximum absolute atomic E-state index is 12.9. The van der Waals surface area contributed by atoms with E-state index >= 15 is 0 Å². The van der Waals surface area contributed by atoms with Crippen LogP contribution >= 0.6 is 0 Å². The number of anilines is 1. The van der Waals surface area contributed by atoms with Crippen LogP contribution in [0, 0.1) is 20.8 Å². The zero-order chi connectivity index (χ0) is 25.4. The van der Waals surface area contributed by atoms with E-state index < -0.39 is 0 Å². The second kappa shape index (κ2) is 9.46. The van der Waals surface area contributed by atoms with E-state index in [9.17, 15) is 4.79 Å². The Labute approximate surface area is 210 Å². The Morgan fingerprint density at radius 3 is 2.50 bits per heavy atom. The van der Waals surface area contributed by atoms with Gasteiger partial charge in [0, 0.05) is 39.9 Å². The summed E-state index contributed by atoms with van der Waals surface area (Å²) < 4.78 is 22.9. The Kier molecular flexibility index (Phi) is 6.18. The van der Waals surface area contributed by atoms with Crippen LogP contribution < -0.4 is 19.5 Å². The topological polar surface area (TPSA) is 69.9 Å². The van der Waals surface area contributed by atoms with Crippen molar-refractivity contribution in [2.24, 2.45) is 0 Å². The van der Waals surface area contributed by atoms with Gasteiger partial charge in [-0.2, -0.15) is 0 Å². The van der Waals surface area contributed by atoms with E-state index in [2.05, 4.69) is 37.4 Å². The molecule has 0 aliphatic carbocycles. The van der Waals surface area contributed by atoms with E-state index in [1.807, 2.05) is 19.9 Å². The molecule has 6 heteroatoms. The first kappa shape index (κ1) is 23.5. The van der Waals surface area contributed by atoms with E-state index in [1.165, 1.54) is 11.1 Å². The maximum Gasteiger partial charge on any atom is 0.248 e. The minimum Gasteiger partial charge on any atom is -0.496 e. The molecule has 0 radical (unpaired) electrons. The lowest BCUT2D eigenvalue weighted by molar-refractivity contribution is -0.111. The van der Waals surface area contributed by atoms with Gasteiger partial charge in [-0.05, 0) is 62.6 Å². The van der Waals surface area contributed by atoms with Gasteiger partial charge in [0.25, 0.3) is 0 Å². The van der Waals surface area contributed by atoms with Crippen molar-refractivity contribution in [3.05, 3.63) is 77.1 Å². The van der Waals surface area contributed by atoms with Gasteiger partial charge < -0.3 is 23.9 Å². The Bertz CT molecular complexity index is 1510. The second-order valence-corrected chi connectivity index (χ2v) is 9.10. The van der Waals surface area contributed by atoms with E-state index in [4.69, 9.17) is 18.6 Å². The minimum absolute atomic E-state index is 0.245. The summed E-state index contributed by atoms with van der Waals surface area (Å²) in [6.45, 7) is 9.08.